The first kappa shape index (κ1) is 22.9. The van der Waals surface area contributed by atoms with Crippen LogP contribution in [0.25, 0.3) is 21.9 Å². The lowest BCUT2D eigenvalue weighted by Crippen LogP contribution is -2.22. The summed E-state index contributed by atoms with van der Waals surface area (Å²) in [6, 6.07) is 13.7. The molecule has 0 saturated heterocycles. The van der Waals surface area contributed by atoms with Crippen LogP contribution in [0.15, 0.2) is 79.1 Å². The van der Waals surface area contributed by atoms with Crippen molar-refractivity contribution in [3.05, 3.63) is 113 Å². The van der Waals surface area contributed by atoms with E-state index in [2.05, 4.69) is 0 Å². The Morgan fingerprint density at radius 2 is 1.31 bits per heavy atom. The van der Waals surface area contributed by atoms with Gasteiger partial charge >= 0.3 is 11.3 Å². The summed E-state index contributed by atoms with van der Waals surface area (Å²) in [5.41, 5.74) is -4.95. The summed E-state index contributed by atoms with van der Waals surface area (Å²) in [4.78, 5) is 36.8. The lowest BCUT2D eigenvalue weighted by Gasteiger charge is -2.24. The molecule has 0 radical (unpaired) electrons. The number of nitrogens with zero attached hydrogens (tertiary/aromatic N) is 1. The van der Waals surface area contributed by atoms with E-state index in [0.29, 0.717) is 0 Å². The number of halogens is 1. The maximum atomic E-state index is 13.2. The molecule has 0 aliphatic carbocycles. The molecule has 0 bridgehead atoms. The van der Waals surface area contributed by atoms with Crippen molar-refractivity contribution >= 4 is 39.2 Å². The number of nitro groups is 1. The molecule has 5 aromatic rings. The first-order valence-electron chi connectivity index (χ1n) is 10.3. The minimum absolute atomic E-state index is 0.0108. The molecule has 2 N–H and O–H groups in total. The molecule has 0 amide bonds. The number of rotatable bonds is 4. The first-order valence-corrected chi connectivity index (χ1v) is 10.7. The van der Waals surface area contributed by atoms with Crippen LogP contribution in [0.2, 0.25) is 5.02 Å². The van der Waals surface area contributed by atoms with Gasteiger partial charge in [-0.3, -0.25) is 10.1 Å². The van der Waals surface area contributed by atoms with Crippen LogP contribution in [0.4, 0.5) is 5.69 Å². The van der Waals surface area contributed by atoms with Crippen LogP contribution in [-0.2, 0) is 0 Å². The van der Waals surface area contributed by atoms with Crippen molar-refractivity contribution in [1.29, 1.82) is 0 Å². The van der Waals surface area contributed by atoms with Gasteiger partial charge in [0.1, 0.15) is 22.7 Å². The summed E-state index contributed by atoms with van der Waals surface area (Å²) in [6.45, 7) is 0. The van der Waals surface area contributed by atoms with E-state index in [1.807, 2.05) is 0 Å². The molecule has 0 fully saturated rings. The monoisotopic (exact) mass is 506 g/mol. The Hall–Kier alpha value is -4.83. The highest BCUT2D eigenvalue weighted by molar-refractivity contribution is 6.31. The zero-order chi connectivity index (χ0) is 25.7. The number of benzene rings is 3. The average Bonchev–Trinajstić information content (AvgIpc) is 2.84. The van der Waals surface area contributed by atoms with Crippen LogP contribution < -0.4 is 16.4 Å². The third-order valence-corrected chi connectivity index (χ3v) is 6.01. The van der Waals surface area contributed by atoms with Crippen LogP contribution in [0, 0.1) is 10.1 Å². The SMILES string of the molecule is O=c1oc2ccccc2c(O)c1C(c1cc(Cl)cc([N+](=O)[O-])c1[O-])c1c(O)c2ccccc2oc1=O. The summed E-state index contributed by atoms with van der Waals surface area (Å²) in [7, 11) is 0. The molecule has 5 rings (SSSR count). The summed E-state index contributed by atoms with van der Waals surface area (Å²) < 4.78 is 10.6. The van der Waals surface area contributed by atoms with E-state index in [4.69, 9.17) is 20.4 Å². The van der Waals surface area contributed by atoms with Crippen molar-refractivity contribution < 1.29 is 29.1 Å². The molecule has 0 atom stereocenters. The Bertz CT molecular complexity index is 1720. The van der Waals surface area contributed by atoms with Gasteiger partial charge in [-0.05, 0) is 41.6 Å². The number of hydrogen-bond donors (Lipinski definition) is 2. The maximum absolute atomic E-state index is 13.2. The van der Waals surface area contributed by atoms with Crippen LogP contribution >= 0.6 is 11.6 Å². The van der Waals surface area contributed by atoms with Crippen LogP contribution in [-0.4, -0.2) is 15.1 Å². The van der Waals surface area contributed by atoms with Crippen molar-refractivity contribution in [3.8, 4) is 17.2 Å². The molecule has 0 aliphatic rings. The van der Waals surface area contributed by atoms with Gasteiger partial charge in [0.2, 0.25) is 0 Å². The summed E-state index contributed by atoms with van der Waals surface area (Å²) in [5.74, 6) is -4.33. The standard InChI is InChI=1S/C25H14ClNO9/c26-11-9-14(21(28)15(10-11)27(33)34)18(19-22(29)12-5-1-3-7-16(12)35-24(19)31)20-23(30)13-6-2-4-8-17(13)36-25(20)32/h1-10,18,28-30H/p-1. The Kier molecular flexibility index (Phi) is 5.37. The van der Waals surface area contributed by atoms with E-state index in [1.54, 1.807) is 24.3 Å². The lowest BCUT2D eigenvalue weighted by atomic mass is 9.84. The number of para-hydroxylation sites is 2. The molecule has 2 heterocycles. The fourth-order valence-corrected chi connectivity index (χ4v) is 4.43. The summed E-state index contributed by atoms with van der Waals surface area (Å²) in [6.07, 6.45) is 0. The largest absolute Gasteiger partial charge is 0.868 e. The van der Waals surface area contributed by atoms with Gasteiger partial charge in [-0.25, -0.2) is 9.59 Å². The van der Waals surface area contributed by atoms with Crippen LogP contribution in [0.5, 0.6) is 17.2 Å². The number of fused-ring (bicyclic) bond motifs is 2. The minimum atomic E-state index is -1.84. The molecule has 36 heavy (non-hydrogen) atoms. The normalized spacial score (nSPS) is 11.4. The first-order chi connectivity index (χ1) is 17.2. The van der Waals surface area contributed by atoms with Crippen molar-refractivity contribution in [1.82, 2.24) is 0 Å². The second-order valence-electron chi connectivity index (χ2n) is 7.83. The van der Waals surface area contributed by atoms with E-state index < -0.39 is 61.7 Å². The zero-order valence-corrected chi connectivity index (χ0v) is 18.7. The van der Waals surface area contributed by atoms with Gasteiger partial charge in [0.05, 0.1) is 32.7 Å². The van der Waals surface area contributed by atoms with Crippen LogP contribution in [0.3, 0.4) is 0 Å². The molecule has 0 spiro atoms. The Balaban J connectivity index is 1.98. The van der Waals surface area contributed by atoms with Gasteiger partial charge in [0.25, 0.3) is 5.69 Å². The Morgan fingerprint density at radius 1 is 0.833 bits per heavy atom. The van der Waals surface area contributed by atoms with Gasteiger partial charge < -0.3 is 24.2 Å². The number of nitro benzene ring substituents is 1. The summed E-state index contributed by atoms with van der Waals surface area (Å²) in [5, 5.41) is 46.8. The predicted octanol–water partition coefficient (Wildman–Crippen LogP) is 4.13. The third-order valence-electron chi connectivity index (χ3n) is 5.79. The molecule has 2 aromatic heterocycles. The maximum Gasteiger partial charge on any atom is 0.344 e. The van der Waals surface area contributed by atoms with Crippen molar-refractivity contribution in [3.63, 3.8) is 0 Å². The summed E-state index contributed by atoms with van der Waals surface area (Å²) >= 11 is 6.06. The van der Waals surface area contributed by atoms with Gasteiger partial charge in [0.15, 0.2) is 0 Å². The van der Waals surface area contributed by atoms with Crippen molar-refractivity contribution in [2.24, 2.45) is 0 Å². The fourth-order valence-electron chi connectivity index (χ4n) is 4.21. The second-order valence-corrected chi connectivity index (χ2v) is 8.27. The number of hydrogen-bond acceptors (Lipinski definition) is 9. The van der Waals surface area contributed by atoms with E-state index in [0.717, 1.165) is 12.1 Å². The highest BCUT2D eigenvalue weighted by Gasteiger charge is 2.34. The molecule has 0 unspecified atom stereocenters. The predicted molar refractivity (Wildman–Crippen MR) is 127 cm³/mol. The fraction of sp³-hybridized carbons (Fsp3) is 0.0400. The molecular formula is C25H13ClNO9-. The third kappa shape index (κ3) is 3.51. The quantitative estimate of drug-likeness (QED) is 0.207. The molecule has 11 heteroatoms. The Morgan fingerprint density at radius 3 is 1.78 bits per heavy atom. The van der Waals surface area contributed by atoms with Crippen LogP contribution in [0.1, 0.15) is 22.6 Å². The van der Waals surface area contributed by atoms with E-state index in [-0.39, 0.29) is 27.0 Å². The lowest BCUT2D eigenvalue weighted by molar-refractivity contribution is -0.398. The van der Waals surface area contributed by atoms with E-state index in [1.165, 1.54) is 24.3 Å². The Labute approximate surface area is 205 Å². The van der Waals surface area contributed by atoms with Gasteiger partial charge in [-0.1, -0.05) is 35.9 Å². The highest BCUT2D eigenvalue weighted by atomic mass is 35.5. The molecule has 10 nitrogen and oxygen atoms in total. The molecule has 3 aromatic carbocycles. The van der Waals surface area contributed by atoms with E-state index >= 15 is 0 Å². The minimum Gasteiger partial charge on any atom is -0.868 e. The van der Waals surface area contributed by atoms with Gasteiger partial charge in [-0.15, -0.1) is 0 Å². The highest BCUT2D eigenvalue weighted by Crippen LogP contribution is 2.46. The second kappa shape index (κ2) is 8.43. The van der Waals surface area contributed by atoms with Gasteiger partial charge in [0, 0.05) is 11.1 Å². The average molecular weight is 507 g/mol. The smallest absolute Gasteiger partial charge is 0.344 e. The van der Waals surface area contributed by atoms with Gasteiger partial charge in [-0.2, -0.15) is 0 Å². The van der Waals surface area contributed by atoms with Crippen molar-refractivity contribution in [2.75, 3.05) is 0 Å². The van der Waals surface area contributed by atoms with E-state index in [9.17, 15) is 35.0 Å². The van der Waals surface area contributed by atoms with Crippen molar-refractivity contribution in [2.45, 2.75) is 5.92 Å². The topological polar surface area (TPSA) is 167 Å². The molecule has 180 valence electrons. The molecule has 0 saturated carbocycles. The zero-order valence-electron chi connectivity index (χ0n) is 17.9. The molecular weight excluding hydrogens is 494 g/mol. The molecule has 0 aliphatic heterocycles. The number of aromatic hydroxyl groups is 2.